The zero-order valence-corrected chi connectivity index (χ0v) is 7.27. The van der Waals surface area contributed by atoms with Gasteiger partial charge in [0.15, 0.2) is 0 Å². The van der Waals surface area contributed by atoms with Crippen LogP contribution in [0.5, 0.6) is 11.9 Å². The molecule has 0 atom stereocenters. The van der Waals surface area contributed by atoms with E-state index in [9.17, 15) is 4.79 Å². The summed E-state index contributed by atoms with van der Waals surface area (Å²) in [5, 5.41) is 0. The highest BCUT2D eigenvalue weighted by molar-refractivity contribution is 5.94. The molecule has 1 aromatic rings. The van der Waals surface area contributed by atoms with Crippen molar-refractivity contribution < 1.29 is 14.3 Å². The van der Waals surface area contributed by atoms with Crippen molar-refractivity contribution in [2.24, 2.45) is 5.73 Å². The molecule has 0 spiro atoms. The van der Waals surface area contributed by atoms with E-state index in [0.29, 0.717) is 0 Å². The first-order valence-corrected chi connectivity index (χ1v) is 3.44. The smallest absolute Gasteiger partial charge is 0.319 e. The van der Waals surface area contributed by atoms with Crippen molar-refractivity contribution in [1.82, 2.24) is 9.97 Å². The minimum Gasteiger partial charge on any atom is -0.480 e. The highest BCUT2D eigenvalue weighted by Crippen LogP contribution is 2.15. The van der Waals surface area contributed by atoms with Crippen LogP contribution in [0, 0.1) is 0 Å². The lowest BCUT2D eigenvalue weighted by Gasteiger charge is -2.04. The van der Waals surface area contributed by atoms with E-state index in [-0.39, 0.29) is 17.5 Å². The second-order valence-corrected chi connectivity index (χ2v) is 2.14. The number of methoxy groups -OCH3 is 2. The molecular weight excluding hydrogens is 174 g/mol. The Labute approximate surface area is 74.7 Å². The first-order chi connectivity index (χ1) is 6.19. The van der Waals surface area contributed by atoms with Crippen LogP contribution in [-0.4, -0.2) is 30.1 Å². The van der Waals surface area contributed by atoms with E-state index in [1.54, 1.807) is 0 Å². The van der Waals surface area contributed by atoms with E-state index in [4.69, 9.17) is 15.2 Å². The third-order valence-corrected chi connectivity index (χ3v) is 1.37. The molecule has 0 aromatic carbocycles. The number of hydrogen-bond donors (Lipinski definition) is 1. The number of carbonyl (C=O) groups is 1. The fourth-order valence-electron chi connectivity index (χ4n) is 0.774. The molecule has 6 heteroatoms. The zero-order valence-electron chi connectivity index (χ0n) is 7.27. The Morgan fingerprint density at radius 1 is 1.46 bits per heavy atom. The Hall–Kier alpha value is -1.85. The van der Waals surface area contributed by atoms with Crippen molar-refractivity contribution >= 4 is 5.91 Å². The van der Waals surface area contributed by atoms with Crippen LogP contribution >= 0.6 is 0 Å². The summed E-state index contributed by atoms with van der Waals surface area (Å²) in [4.78, 5) is 18.3. The third-order valence-electron chi connectivity index (χ3n) is 1.37. The maximum Gasteiger partial charge on any atom is 0.319 e. The lowest BCUT2D eigenvalue weighted by molar-refractivity contribution is 0.0996. The number of aromatic nitrogens is 2. The summed E-state index contributed by atoms with van der Waals surface area (Å²) in [5.41, 5.74) is 5.17. The quantitative estimate of drug-likeness (QED) is 0.688. The van der Waals surface area contributed by atoms with Crippen LogP contribution < -0.4 is 15.2 Å². The molecule has 0 aliphatic heterocycles. The van der Waals surface area contributed by atoms with E-state index in [2.05, 4.69) is 9.97 Å². The molecule has 0 aliphatic rings. The van der Waals surface area contributed by atoms with Crippen LogP contribution in [0.1, 0.15) is 10.4 Å². The Kier molecular flexibility index (Phi) is 2.63. The highest BCUT2D eigenvalue weighted by Gasteiger charge is 2.12. The first-order valence-electron chi connectivity index (χ1n) is 3.44. The molecule has 1 amide bonds. The molecule has 13 heavy (non-hydrogen) atoms. The fraction of sp³-hybridized carbons (Fsp3) is 0.286. The summed E-state index contributed by atoms with van der Waals surface area (Å²) >= 11 is 0. The minimum absolute atomic E-state index is 0.111. The largest absolute Gasteiger partial charge is 0.480 e. The van der Waals surface area contributed by atoms with Crippen LogP contribution in [0.3, 0.4) is 0 Å². The Morgan fingerprint density at radius 3 is 2.62 bits per heavy atom. The van der Waals surface area contributed by atoms with Crippen molar-refractivity contribution in [3.63, 3.8) is 0 Å². The number of hydrogen-bond acceptors (Lipinski definition) is 5. The van der Waals surface area contributed by atoms with Crippen LogP contribution in [0.4, 0.5) is 0 Å². The molecule has 0 aliphatic carbocycles. The average Bonchev–Trinajstić information content (AvgIpc) is 2.16. The second kappa shape index (κ2) is 3.70. The van der Waals surface area contributed by atoms with Gasteiger partial charge in [-0.3, -0.25) is 4.79 Å². The summed E-state index contributed by atoms with van der Waals surface area (Å²) in [6, 6.07) is 0.127. The van der Waals surface area contributed by atoms with E-state index in [0.717, 1.165) is 0 Å². The molecular formula is C7H9N3O3. The predicted octanol–water partition coefficient (Wildman–Crippen LogP) is -0.407. The number of ether oxygens (including phenoxy) is 2. The lowest BCUT2D eigenvalue weighted by Crippen LogP contribution is -2.14. The minimum atomic E-state index is -0.639. The van der Waals surface area contributed by atoms with E-state index >= 15 is 0 Å². The Morgan fingerprint density at radius 2 is 2.15 bits per heavy atom. The second-order valence-electron chi connectivity index (χ2n) is 2.14. The van der Waals surface area contributed by atoms with Crippen molar-refractivity contribution in [3.05, 3.63) is 11.8 Å². The maximum atomic E-state index is 10.8. The van der Waals surface area contributed by atoms with Crippen molar-refractivity contribution in [2.45, 2.75) is 0 Å². The molecule has 6 nitrogen and oxygen atoms in total. The molecule has 0 saturated heterocycles. The number of carbonyl (C=O) groups excluding carboxylic acids is 1. The zero-order chi connectivity index (χ0) is 9.84. The van der Waals surface area contributed by atoms with Gasteiger partial charge in [-0.1, -0.05) is 0 Å². The monoisotopic (exact) mass is 183 g/mol. The fourth-order valence-corrected chi connectivity index (χ4v) is 0.774. The molecule has 1 rings (SSSR count). The average molecular weight is 183 g/mol. The third kappa shape index (κ3) is 1.84. The van der Waals surface area contributed by atoms with Gasteiger partial charge >= 0.3 is 6.01 Å². The first kappa shape index (κ1) is 9.24. The number of primary amides is 1. The molecule has 2 N–H and O–H groups in total. The molecule has 0 radical (unpaired) electrons. The summed E-state index contributed by atoms with van der Waals surface area (Å²) in [6.45, 7) is 0. The maximum absolute atomic E-state index is 10.8. The van der Waals surface area contributed by atoms with E-state index < -0.39 is 5.91 Å². The molecule has 70 valence electrons. The molecule has 1 aromatic heterocycles. The van der Waals surface area contributed by atoms with Gasteiger partial charge in [0.05, 0.1) is 20.4 Å². The normalized spacial score (nSPS) is 9.38. The van der Waals surface area contributed by atoms with Crippen LogP contribution in [-0.2, 0) is 0 Å². The topological polar surface area (TPSA) is 87.3 Å². The molecule has 0 bridgehead atoms. The molecule has 1 heterocycles. The summed E-state index contributed by atoms with van der Waals surface area (Å²) in [5.74, 6) is -0.529. The molecule has 0 unspecified atom stereocenters. The van der Waals surface area contributed by atoms with Gasteiger partial charge in [-0.05, 0) is 0 Å². The van der Waals surface area contributed by atoms with Gasteiger partial charge in [-0.2, -0.15) is 4.98 Å². The molecule has 0 fully saturated rings. The van der Waals surface area contributed by atoms with E-state index in [1.807, 2.05) is 0 Å². The van der Waals surface area contributed by atoms with Crippen LogP contribution in [0.2, 0.25) is 0 Å². The summed E-state index contributed by atoms with van der Waals surface area (Å²) in [7, 11) is 2.80. The Bertz CT molecular complexity index is 327. The van der Waals surface area contributed by atoms with Gasteiger partial charge in [0.1, 0.15) is 5.56 Å². The van der Waals surface area contributed by atoms with Gasteiger partial charge in [0.25, 0.3) is 5.91 Å². The van der Waals surface area contributed by atoms with E-state index in [1.165, 1.54) is 20.4 Å². The van der Waals surface area contributed by atoms with Crippen LogP contribution in [0.25, 0.3) is 0 Å². The number of nitrogens with two attached hydrogens (primary N) is 1. The summed E-state index contributed by atoms with van der Waals surface area (Å²) < 4.78 is 9.55. The van der Waals surface area contributed by atoms with Gasteiger partial charge in [-0.25, -0.2) is 4.98 Å². The van der Waals surface area contributed by atoms with Crippen LogP contribution in [0.15, 0.2) is 6.20 Å². The van der Waals surface area contributed by atoms with Gasteiger partial charge < -0.3 is 15.2 Å². The van der Waals surface area contributed by atoms with Gasteiger partial charge in [-0.15, -0.1) is 0 Å². The highest BCUT2D eigenvalue weighted by atomic mass is 16.5. The SMILES string of the molecule is COc1ncc(C(N)=O)c(OC)n1. The molecule has 0 saturated carbocycles. The van der Waals surface area contributed by atoms with Gasteiger partial charge in [0.2, 0.25) is 5.88 Å². The predicted molar refractivity (Wildman–Crippen MR) is 43.7 cm³/mol. The Balaban J connectivity index is 3.15. The van der Waals surface area contributed by atoms with Gasteiger partial charge in [0, 0.05) is 0 Å². The summed E-state index contributed by atoms with van der Waals surface area (Å²) in [6.07, 6.45) is 1.26. The number of rotatable bonds is 3. The van der Waals surface area contributed by atoms with Crippen molar-refractivity contribution in [3.8, 4) is 11.9 Å². The van der Waals surface area contributed by atoms with Crippen molar-refractivity contribution in [2.75, 3.05) is 14.2 Å². The van der Waals surface area contributed by atoms with Crippen molar-refractivity contribution in [1.29, 1.82) is 0 Å². The lowest BCUT2D eigenvalue weighted by atomic mass is 10.3. The standard InChI is InChI=1S/C7H9N3O3/c1-12-6-4(5(8)11)3-9-7(10-6)13-2/h3H,1-2H3,(H2,8,11). The number of nitrogens with zero attached hydrogens (tertiary/aromatic N) is 2. The number of amides is 1.